The average Bonchev–Trinajstić information content (AvgIpc) is 2.91. The van der Waals surface area contributed by atoms with Gasteiger partial charge in [0.05, 0.1) is 20.3 Å². The molecule has 1 amide bonds. The standard InChI is InChI=1S/C20H28N2O5/c1-4-13-27-17-8-7-16(14-18(17)25-3)20(24)22-10-6-9-21(11-12-22)15-19(23)26-5-2/h4,7-8,14H,1,5-6,9-13,15H2,2-3H3. The normalized spacial score (nSPS) is 15.0. The fourth-order valence-electron chi connectivity index (χ4n) is 2.97. The molecule has 7 heteroatoms. The molecule has 0 radical (unpaired) electrons. The van der Waals surface area contributed by atoms with E-state index in [4.69, 9.17) is 14.2 Å². The predicted molar refractivity (Wildman–Crippen MR) is 102 cm³/mol. The van der Waals surface area contributed by atoms with Gasteiger partial charge in [0, 0.05) is 31.7 Å². The van der Waals surface area contributed by atoms with Crippen LogP contribution in [0, 0.1) is 0 Å². The van der Waals surface area contributed by atoms with E-state index in [9.17, 15) is 9.59 Å². The molecule has 0 N–H and O–H groups in total. The number of rotatable bonds is 8. The van der Waals surface area contributed by atoms with Crippen LogP contribution in [0.1, 0.15) is 23.7 Å². The SMILES string of the molecule is C=CCOc1ccc(C(=O)N2CCCN(CC(=O)OCC)CC2)cc1OC. The molecule has 1 aliphatic rings. The van der Waals surface area contributed by atoms with Gasteiger partial charge < -0.3 is 19.1 Å². The summed E-state index contributed by atoms with van der Waals surface area (Å²) in [6.07, 6.45) is 2.46. The van der Waals surface area contributed by atoms with Crippen LogP contribution in [0.4, 0.5) is 0 Å². The van der Waals surface area contributed by atoms with E-state index in [0.717, 1.165) is 13.0 Å². The summed E-state index contributed by atoms with van der Waals surface area (Å²) in [6.45, 7) is 9.04. The predicted octanol–water partition coefficient (Wildman–Crippen LogP) is 1.97. The van der Waals surface area contributed by atoms with Gasteiger partial charge in [-0.1, -0.05) is 12.7 Å². The molecular weight excluding hydrogens is 348 g/mol. The summed E-state index contributed by atoms with van der Waals surface area (Å²) < 4.78 is 15.9. The van der Waals surface area contributed by atoms with Crippen LogP contribution in [0.15, 0.2) is 30.9 Å². The number of carbonyl (C=O) groups excluding carboxylic acids is 2. The molecule has 2 rings (SSSR count). The van der Waals surface area contributed by atoms with Gasteiger partial charge in [0.2, 0.25) is 0 Å². The van der Waals surface area contributed by atoms with E-state index < -0.39 is 0 Å². The van der Waals surface area contributed by atoms with Gasteiger partial charge in [-0.15, -0.1) is 0 Å². The zero-order valence-corrected chi connectivity index (χ0v) is 16.1. The van der Waals surface area contributed by atoms with Crippen molar-refractivity contribution in [3.05, 3.63) is 36.4 Å². The summed E-state index contributed by atoms with van der Waals surface area (Å²) in [5.41, 5.74) is 0.552. The zero-order valence-electron chi connectivity index (χ0n) is 16.1. The van der Waals surface area contributed by atoms with Crippen molar-refractivity contribution in [3.8, 4) is 11.5 Å². The fourth-order valence-corrected chi connectivity index (χ4v) is 2.97. The Hall–Kier alpha value is -2.54. The van der Waals surface area contributed by atoms with Crippen LogP contribution in [0.3, 0.4) is 0 Å². The van der Waals surface area contributed by atoms with E-state index >= 15 is 0 Å². The summed E-state index contributed by atoms with van der Waals surface area (Å²) in [5, 5.41) is 0. The summed E-state index contributed by atoms with van der Waals surface area (Å²) in [5.74, 6) is 0.811. The first-order valence-electron chi connectivity index (χ1n) is 9.18. The molecule has 1 fully saturated rings. The van der Waals surface area contributed by atoms with Crippen molar-refractivity contribution in [1.29, 1.82) is 0 Å². The maximum absolute atomic E-state index is 12.9. The van der Waals surface area contributed by atoms with Crippen molar-refractivity contribution in [2.45, 2.75) is 13.3 Å². The molecule has 1 aromatic carbocycles. The van der Waals surface area contributed by atoms with E-state index in [2.05, 4.69) is 6.58 Å². The second-order valence-corrected chi connectivity index (χ2v) is 6.19. The van der Waals surface area contributed by atoms with E-state index in [0.29, 0.717) is 49.9 Å². The second kappa shape index (κ2) is 10.6. The van der Waals surface area contributed by atoms with Gasteiger partial charge in [-0.2, -0.15) is 0 Å². The van der Waals surface area contributed by atoms with Crippen LogP contribution in [-0.4, -0.2) is 74.7 Å². The summed E-state index contributed by atoms with van der Waals surface area (Å²) in [7, 11) is 1.55. The summed E-state index contributed by atoms with van der Waals surface area (Å²) >= 11 is 0. The summed E-state index contributed by atoms with van der Waals surface area (Å²) in [4.78, 5) is 28.4. The lowest BCUT2D eigenvalue weighted by atomic mass is 10.1. The van der Waals surface area contributed by atoms with Crippen LogP contribution in [0.5, 0.6) is 11.5 Å². The molecule has 0 saturated carbocycles. The molecule has 148 valence electrons. The number of hydrogen-bond acceptors (Lipinski definition) is 6. The number of amides is 1. The first-order chi connectivity index (χ1) is 13.1. The third-order valence-corrected chi connectivity index (χ3v) is 4.30. The highest BCUT2D eigenvalue weighted by Gasteiger charge is 2.22. The van der Waals surface area contributed by atoms with E-state index in [1.807, 2.05) is 9.80 Å². The lowest BCUT2D eigenvalue weighted by molar-refractivity contribution is -0.144. The third-order valence-electron chi connectivity index (χ3n) is 4.30. The topological polar surface area (TPSA) is 68.3 Å². The molecule has 7 nitrogen and oxygen atoms in total. The Kier molecular flexibility index (Phi) is 8.13. The Morgan fingerprint density at radius 1 is 1.19 bits per heavy atom. The Bertz CT molecular complexity index is 662. The maximum Gasteiger partial charge on any atom is 0.320 e. The molecule has 0 unspecified atom stereocenters. The highest BCUT2D eigenvalue weighted by Crippen LogP contribution is 2.28. The highest BCUT2D eigenvalue weighted by atomic mass is 16.5. The largest absolute Gasteiger partial charge is 0.493 e. The van der Waals surface area contributed by atoms with E-state index in [1.165, 1.54) is 0 Å². The van der Waals surface area contributed by atoms with Crippen LogP contribution in [-0.2, 0) is 9.53 Å². The molecule has 27 heavy (non-hydrogen) atoms. The van der Waals surface area contributed by atoms with Crippen molar-refractivity contribution in [2.75, 3.05) is 53.0 Å². The van der Waals surface area contributed by atoms with Gasteiger partial charge in [-0.05, 0) is 31.5 Å². The minimum Gasteiger partial charge on any atom is -0.493 e. The smallest absolute Gasteiger partial charge is 0.320 e. The Morgan fingerprint density at radius 2 is 2.00 bits per heavy atom. The fraction of sp³-hybridized carbons (Fsp3) is 0.500. The lowest BCUT2D eigenvalue weighted by Crippen LogP contribution is -2.37. The van der Waals surface area contributed by atoms with Crippen molar-refractivity contribution >= 4 is 11.9 Å². The Balaban J connectivity index is 2.00. The monoisotopic (exact) mass is 376 g/mol. The van der Waals surface area contributed by atoms with Crippen molar-refractivity contribution < 1.29 is 23.8 Å². The van der Waals surface area contributed by atoms with Gasteiger partial charge in [-0.25, -0.2) is 0 Å². The minimum absolute atomic E-state index is 0.0541. The van der Waals surface area contributed by atoms with Gasteiger partial charge >= 0.3 is 5.97 Å². The number of nitrogens with zero attached hydrogens (tertiary/aromatic N) is 2. The molecule has 1 saturated heterocycles. The summed E-state index contributed by atoms with van der Waals surface area (Å²) in [6, 6.07) is 5.17. The number of ether oxygens (including phenoxy) is 3. The zero-order chi connectivity index (χ0) is 19.6. The molecule has 0 atom stereocenters. The van der Waals surface area contributed by atoms with Crippen LogP contribution in [0.2, 0.25) is 0 Å². The molecular formula is C20H28N2O5. The molecule has 1 heterocycles. The van der Waals surface area contributed by atoms with Gasteiger partial charge in [0.1, 0.15) is 6.61 Å². The number of hydrogen-bond donors (Lipinski definition) is 0. The number of esters is 1. The van der Waals surface area contributed by atoms with Crippen molar-refractivity contribution in [2.24, 2.45) is 0 Å². The van der Waals surface area contributed by atoms with E-state index in [-0.39, 0.29) is 18.4 Å². The first-order valence-corrected chi connectivity index (χ1v) is 9.18. The molecule has 0 aliphatic carbocycles. The third kappa shape index (κ3) is 5.99. The van der Waals surface area contributed by atoms with Crippen molar-refractivity contribution in [1.82, 2.24) is 9.80 Å². The quantitative estimate of drug-likeness (QED) is 0.510. The molecule has 0 spiro atoms. The molecule has 1 aliphatic heterocycles. The van der Waals surface area contributed by atoms with Gasteiger partial charge in [0.25, 0.3) is 5.91 Å². The van der Waals surface area contributed by atoms with E-state index in [1.54, 1.807) is 38.3 Å². The number of benzene rings is 1. The number of carbonyl (C=O) groups is 2. The average molecular weight is 376 g/mol. The lowest BCUT2D eigenvalue weighted by Gasteiger charge is -2.22. The highest BCUT2D eigenvalue weighted by molar-refractivity contribution is 5.95. The Labute approximate surface area is 160 Å². The Morgan fingerprint density at radius 3 is 2.70 bits per heavy atom. The maximum atomic E-state index is 12.9. The minimum atomic E-state index is -0.225. The van der Waals surface area contributed by atoms with Crippen LogP contribution >= 0.6 is 0 Å². The molecule has 0 aromatic heterocycles. The number of methoxy groups -OCH3 is 1. The van der Waals surface area contributed by atoms with Crippen LogP contribution in [0.25, 0.3) is 0 Å². The second-order valence-electron chi connectivity index (χ2n) is 6.19. The molecule has 0 bridgehead atoms. The van der Waals surface area contributed by atoms with Gasteiger partial charge in [-0.3, -0.25) is 14.5 Å². The van der Waals surface area contributed by atoms with Gasteiger partial charge in [0.15, 0.2) is 11.5 Å². The molecule has 1 aromatic rings. The van der Waals surface area contributed by atoms with Crippen molar-refractivity contribution in [3.63, 3.8) is 0 Å². The van der Waals surface area contributed by atoms with Crippen LogP contribution < -0.4 is 9.47 Å². The first kappa shape index (κ1) is 20.8.